The summed E-state index contributed by atoms with van der Waals surface area (Å²) in [6.07, 6.45) is 3.71. The van der Waals surface area contributed by atoms with Crippen LogP contribution in [0.15, 0.2) is 48.1 Å². The Labute approximate surface area is 97.7 Å². The Morgan fingerprint density at radius 2 is 1.88 bits per heavy atom. The number of rotatable bonds is 1. The first kappa shape index (κ1) is 9.89. The number of benzene rings is 1. The average Bonchev–Trinajstić information content (AvgIpc) is 3.01. The predicted octanol–water partition coefficient (Wildman–Crippen LogP) is 4.30. The molecule has 1 aromatic rings. The van der Waals surface area contributed by atoms with Gasteiger partial charge in [-0.15, -0.1) is 0 Å². The molecule has 2 aliphatic rings. The quantitative estimate of drug-likeness (QED) is 0.606. The molecule has 0 N–H and O–H groups in total. The highest BCUT2D eigenvalue weighted by Crippen LogP contribution is 2.65. The van der Waals surface area contributed by atoms with E-state index in [1.807, 2.05) is 0 Å². The van der Waals surface area contributed by atoms with Crippen molar-refractivity contribution in [3.05, 3.63) is 53.6 Å². The molecule has 0 saturated heterocycles. The molecule has 0 aliphatic heterocycles. The second-order valence-electron chi connectivity index (χ2n) is 5.61. The molecule has 0 unspecified atom stereocenters. The number of fused-ring (bicyclic) bond motifs is 1. The van der Waals surface area contributed by atoms with E-state index in [-0.39, 0.29) is 5.41 Å². The van der Waals surface area contributed by atoms with Gasteiger partial charge in [0.25, 0.3) is 0 Å². The molecular weight excluding hydrogens is 192 g/mol. The highest BCUT2D eigenvalue weighted by atomic mass is 14.6. The van der Waals surface area contributed by atoms with Gasteiger partial charge in [-0.25, -0.2) is 0 Å². The molecule has 0 radical (unpaired) electrons. The van der Waals surface area contributed by atoms with Crippen LogP contribution in [0.5, 0.6) is 0 Å². The Morgan fingerprint density at radius 1 is 1.19 bits per heavy atom. The molecule has 0 heterocycles. The summed E-state index contributed by atoms with van der Waals surface area (Å²) in [6, 6.07) is 10.6. The zero-order valence-corrected chi connectivity index (χ0v) is 10.0. The summed E-state index contributed by atoms with van der Waals surface area (Å²) in [5.74, 6) is 1.58. The van der Waals surface area contributed by atoms with Crippen LogP contribution >= 0.6 is 0 Å². The Bertz CT molecular complexity index is 462. The van der Waals surface area contributed by atoms with Crippen LogP contribution in [0.3, 0.4) is 0 Å². The molecule has 82 valence electrons. The monoisotopic (exact) mass is 210 g/mol. The summed E-state index contributed by atoms with van der Waals surface area (Å²) >= 11 is 0. The van der Waals surface area contributed by atoms with E-state index in [9.17, 15) is 0 Å². The maximum atomic E-state index is 4.28. The fourth-order valence-electron chi connectivity index (χ4n) is 3.05. The lowest BCUT2D eigenvalue weighted by Gasteiger charge is -2.25. The average molecular weight is 210 g/mol. The van der Waals surface area contributed by atoms with Gasteiger partial charge in [-0.2, -0.15) is 0 Å². The lowest BCUT2D eigenvalue weighted by atomic mass is 9.79. The summed E-state index contributed by atoms with van der Waals surface area (Å²) in [5, 5.41) is 0. The minimum absolute atomic E-state index is 0.212. The molecule has 0 heteroatoms. The Hall–Kier alpha value is -1.30. The molecule has 2 fully saturated rings. The van der Waals surface area contributed by atoms with E-state index in [2.05, 4.69) is 56.8 Å². The first-order valence-corrected chi connectivity index (χ1v) is 6.07. The molecular formula is C16H18. The lowest BCUT2D eigenvalue weighted by molar-refractivity contribution is 0.540. The third kappa shape index (κ3) is 1.29. The first-order chi connectivity index (χ1) is 7.60. The van der Waals surface area contributed by atoms with E-state index in [1.54, 1.807) is 5.57 Å². The minimum Gasteiger partial charge on any atom is -0.0987 e. The molecule has 0 amide bonds. The second-order valence-corrected chi connectivity index (χ2v) is 5.61. The standard InChI is InChI=1S/C16H18/c1-11-13-10-14(13)15(16(11,2)3)9-12-7-5-4-6-8-12/h4-9,13-14H,1,10H2,2-3H3/b15-9-/t13-,14-/m0/s1. The second kappa shape index (κ2) is 3.10. The molecule has 0 aromatic heterocycles. The van der Waals surface area contributed by atoms with Crippen LogP contribution in [0.1, 0.15) is 25.8 Å². The third-order valence-corrected chi connectivity index (χ3v) is 4.28. The predicted molar refractivity (Wildman–Crippen MR) is 68.9 cm³/mol. The van der Waals surface area contributed by atoms with Gasteiger partial charge in [0.15, 0.2) is 0 Å². The van der Waals surface area contributed by atoms with Gasteiger partial charge in [-0.05, 0) is 23.8 Å². The lowest BCUT2D eigenvalue weighted by Crippen LogP contribution is -2.13. The summed E-state index contributed by atoms with van der Waals surface area (Å²) < 4.78 is 0. The van der Waals surface area contributed by atoms with Crippen molar-refractivity contribution in [2.45, 2.75) is 20.3 Å². The summed E-state index contributed by atoms with van der Waals surface area (Å²) in [6.45, 7) is 8.91. The zero-order chi connectivity index (χ0) is 11.3. The number of hydrogen-bond donors (Lipinski definition) is 0. The van der Waals surface area contributed by atoms with Crippen molar-refractivity contribution < 1.29 is 0 Å². The van der Waals surface area contributed by atoms with Gasteiger partial charge >= 0.3 is 0 Å². The molecule has 16 heavy (non-hydrogen) atoms. The minimum atomic E-state index is 0.212. The summed E-state index contributed by atoms with van der Waals surface area (Å²) in [4.78, 5) is 0. The van der Waals surface area contributed by atoms with Crippen LogP contribution in [-0.2, 0) is 0 Å². The Kier molecular flexibility index (Phi) is 1.92. The maximum absolute atomic E-state index is 4.28. The van der Waals surface area contributed by atoms with Gasteiger partial charge in [-0.3, -0.25) is 0 Å². The molecule has 2 aliphatic carbocycles. The van der Waals surface area contributed by atoms with Gasteiger partial charge in [0, 0.05) is 5.41 Å². The van der Waals surface area contributed by atoms with E-state index >= 15 is 0 Å². The van der Waals surface area contributed by atoms with Crippen molar-refractivity contribution >= 4 is 6.08 Å². The normalized spacial score (nSPS) is 32.9. The van der Waals surface area contributed by atoms with Crippen molar-refractivity contribution in [1.29, 1.82) is 0 Å². The van der Waals surface area contributed by atoms with Gasteiger partial charge < -0.3 is 0 Å². The molecule has 2 atom stereocenters. The van der Waals surface area contributed by atoms with Crippen molar-refractivity contribution in [3.8, 4) is 0 Å². The van der Waals surface area contributed by atoms with E-state index in [1.165, 1.54) is 17.6 Å². The van der Waals surface area contributed by atoms with E-state index in [0.29, 0.717) is 0 Å². The fourth-order valence-corrected chi connectivity index (χ4v) is 3.05. The van der Waals surface area contributed by atoms with Gasteiger partial charge in [0.1, 0.15) is 0 Å². The van der Waals surface area contributed by atoms with Gasteiger partial charge in [0.05, 0.1) is 0 Å². The van der Waals surface area contributed by atoms with Crippen LogP contribution in [0.2, 0.25) is 0 Å². The van der Waals surface area contributed by atoms with Crippen LogP contribution < -0.4 is 0 Å². The fraction of sp³-hybridized carbons (Fsp3) is 0.375. The highest BCUT2D eigenvalue weighted by Gasteiger charge is 2.55. The molecule has 0 spiro atoms. The number of allylic oxidation sites excluding steroid dienone is 2. The Morgan fingerprint density at radius 3 is 2.44 bits per heavy atom. The van der Waals surface area contributed by atoms with E-state index in [0.717, 1.165) is 11.8 Å². The molecule has 1 aromatic carbocycles. The van der Waals surface area contributed by atoms with Crippen LogP contribution in [0, 0.1) is 17.3 Å². The summed E-state index contributed by atoms with van der Waals surface area (Å²) in [5.41, 5.74) is 4.57. The first-order valence-electron chi connectivity index (χ1n) is 6.07. The van der Waals surface area contributed by atoms with E-state index in [4.69, 9.17) is 0 Å². The smallest absolute Gasteiger partial charge is 0.00706 e. The topological polar surface area (TPSA) is 0 Å². The molecule has 0 bridgehead atoms. The van der Waals surface area contributed by atoms with Crippen molar-refractivity contribution in [2.75, 3.05) is 0 Å². The maximum Gasteiger partial charge on any atom is 0.00706 e. The summed E-state index contributed by atoms with van der Waals surface area (Å²) in [7, 11) is 0. The van der Waals surface area contributed by atoms with Gasteiger partial charge in [0.2, 0.25) is 0 Å². The van der Waals surface area contributed by atoms with Crippen LogP contribution in [0.4, 0.5) is 0 Å². The van der Waals surface area contributed by atoms with Crippen molar-refractivity contribution in [3.63, 3.8) is 0 Å². The number of hydrogen-bond acceptors (Lipinski definition) is 0. The van der Waals surface area contributed by atoms with Crippen molar-refractivity contribution in [2.24, 2.45) is 17.3 Å². The molecule has 0 nitrogen and oxygen atoms in total. The zero-order valence-electron chi connectivity index (χ0n) is 10.0. The van der Waals surface area contributed by atoms with Crippen molar-refractivity contribution in [1.82, 2.24) is 0 Å². The van der Waals surface area contributed by atoms with Crippen LogP contribution in [-0.4, -0.2) is 0 Å². The SMILES string of the molecule is C=C1[C@@H]2C[C@@H]2/C(=C/c2ccccc2)C1(C)C. The molecule has 2 saturated carbocycles. The van der Waals surface area contributed by atoms with Gasteiger partial charge in [-0.1, -0.05) is 68.0 Å². The Balaban J connectivity index is 2.02. The van der Waals surface area contributed by atoms with Crippen LogP contribution in [0.25, 0.3) is 6.08 Å². The highest BCUT2D eigenvalue weighted by molar-refractivity contribution is 5.61. The largest absolute Gasteiger partial charge is 0.0987 e. The molecule has 3 rings (SSSR count). The van der Waals surface area contributed by atoms with E-state index < -0.39 is 0 Å². The third-order valence-electron chi connectivity index (χ3n) is 4.28.